The molecular weight excluding hydrogens is 286 g/mol. The third kappa shape index (κ3) is 4.21. The number of carbonyl (C=O) groups is 1. The van der Waals surface area contributed by atoms with E-state index in [9.17, 15) is 13.2 Å². The minimum atomic E-state index is -3.10. The lowest BCUT2D eigenvalue weighted by Crippen LogP contribution is -2.40. The highest BCUT2D eigenvalue weighted by Crippen LogP contribution is 2.18. The predicted octanol–water partition coefficient (Wildman–Crippen LogP) is 1.14. The Morgan fingerprint density at radius 2 is 1.95 bits per heavy atom. The molecule has 0 radical (unpaired) electrons. The summed E-state index contributed by atoms with van der Waals surface area (Å²) in [5.41, 5.74) is 1.08. The van der Waals surface area contributed by atoms with Gasteiger partial charge in [-0.15, -0.1) is 11.6 Å². The van der Waals surface area contributed by atoms with E-state index in [1.807, 2.05) is 30.3 Å². The summed E-state index contributed by atoms with van der Waals surface area (Å²) in [6.45, 7) is 0. The molecule has 2 rings (SSSR count). The number of rotatable bonds is 4. The Hall–Kier alpha value is -1.07. The fourth-order valence-electron chi connectivity index (χ4n) is 2.12. The number of hydrogen-bond acceptors (Lipinski definition) is 3. The van der Waals surface area contributed by atoms with E-state index in [2.05, 4.69) is 5.32 Å². The molecular formula is C13H16ClNO3S. The van der Waals surface area contributed by atoms with Crippen molar-refractivity contribution < 1.29 is 13.2 Å². The quantitative estimate of drug-likeness (QED) is 0.848. The molecule has 1 aromatic rings. The van der Waals surface area contributed by atoms with Gasteiger partial charge in [0.2, 0.25) is 5.91 Å². The van der Waals surface area contributed by atoms with Gasteiger partial charge in [0.25, 0.3) is 0 Å². The number of sulfone groups is 1. The van der Waals surface area contributed by atoms with Gasteiger partial charge in [0, 0.05) is 6.42 Å². The Balaban J connectivity index is 1.82. The van der Waals surface area contributed by atoms with Gasteiger partial charge in [0.05, 0.1) is 22.9 Å². The largest absolute Gasteiger partial charge is 0.351 e. The fraction of sp³-hybridized carbons (Fsp3) is 0.462. The first-order valence-corrected chi connectivity index (χ1v) is 8.40. The number of amides is 1. The Kier molecular flexibility index (Phi) is 4.47. The second-order valence-electron chi connectivity index (χ2n) is 4.75. The summed E-state index contributed by atoms with van der Waals surface area (Å²) < 4.78 is 22.8. The number of benzene rings is 1. The Labute approximate surface area is 118 Å². The number of alkyl halides is 1. The van der Waals surface area contributed by atoms with Crippen molar-refractivity contribution in [1.29, 1.82) is 0 Å². The molecule has 1 aliphatic heterocycles. The van der Waals surface area contributed by atoms with Crippen LogP contribution in [-0.4, -0.2) is 37.2 Å². The number of carbonyl (C=O) groups excluding carboxylic acids is 1. The van der Waals surface area contributed by atoms with E-state index >= 15 is 0 Å². The molecule has 1 aliphatic rings. The van der Waals surface area contributed by atoms with E-state index in [-0.39, 0.29) is 17.4 Å². The van der Waals surface area contributed by atoms with Crippen LogP contribution < -0.4 is 5.32 Å². The highest BCUT2D eigenvalue weighted by atomic mass is 35.5. The average Bonchev–Trinajstić information content (AvgIpc) is 2.61. The third-order valence-corrected chi connectivity index (χ3v) is 5.49. The van der Waals surface area contributed by atoms with Crippen molar-refractivity contribution in [2.24, 2.45) is 0 Å². The summed E-state index contributed by atoms with van der Waals surface area (Å²) >= 11 is 5.93. The molecule has 0 aromatic heterocycles. The molecule has 1 heterocycles. The van der Waals surface area contributed by atoms with E-state index < -0.39 is 21.3 Å². The molecule has 4 nitrogen and oxygen atoms in total. The maximum absolute atomic E-state index is 11.8. The topological polar surface area (TPSA) is 63.2 Å². The maximum Gasteiger partial charge on any atom is 0.220 e. The third-order valence-electron chi connectivity index (χ3n) is 3.11. The first-order valence-electron chi connectivity index (χ1n) is 6.14. The molecule has 1 fully saturated rings. The lowest BCUT2D eigenvalue weighted by Gasteiger charge is -2.14. The molecule has 1 N–H and O–H groups in total. The zero-order chi connectivity index (χ0) is 13.9. The zero-order valence-corrected chi connectivity index (χ0v) is 12.0. The highest BCUT2D eigenvalue weighted by molar-refractivity contribution is 7.91. The molecule has 104 valence electrons. The van der Waals surface area contributed by atoms with Crippen LogP contribution in [0.25, 0.3) is 0 Å². The first-order chi connectivity index (χ1) is 8.96. The van der Waals surface area contributed by atoms with Crippen LogP contribution in [0.3, 0.4) is 0 Å². The normalized spacial score (nSPS) is 25.1. The molecule has 0 saturated carbocycles. The fourth-order valence-corrected chi connectivity index (χ4v) is 4.67. The maximum atomic E-state index is 11.8. The molecule has 1 amide bonds. The minimum Gasteiger partial charge on any atom is -0.351 e. The molecule has 0 spiro atoms. The van der Waals surface area contributed by atoms with Crippen molar-refractivity contribution in [2.75, 3.05) is 11.5 Å². The molecule has 19 heavy (non-hydrogen) atoms. The second kappa shape index (κ2) is 5.92. The van der Waals surface area contributed by atoms with Gasteiger partial charge in [0.15, 0.2) is 9.84 Å². The van der Waals surface area contributed by atoms with E-state index in [0.717, 1.165) is 5.56 Å². The minimum absolute atomic E-state index is 0.0573. The summed E-state index contributed by atoms with van der Waals surface area (Å²) in [6.07, 6.45) is 0.975. The van der Waals surface area contributed by atoms with Crippen LogP contribution in [-0.2, 0) is 21.1 Å². The average molecular weight is 302 g/mol. The van der Waals surface area contributed by atoms with Crippen molar-refractivity contribution in [1.82, 2.24) is 5.32 Å². The van der Waals surface area contributed by atoms with Gasteiger partial charge in [0.1, 0.15) is 0 Å². The second-order valence-corrected chi connectivity index (χ2v) is 7.47. The van der Waals surface area contributed by atoms with Crippen LogP contribution >= 0.6 is 11.6 Å². The van der Waals surface area contributed by atoms with Gasteiger partial charge in [-0.05, 0) is 12.0 Å². The van der Waals surface area contributed by atoms with Crippen molar-refractivity contribution in [3.8, 4) is 0 Å². The van der Waals surface area contributed by atoms with Gasteiger partial charge in [-0.3, -0.25) is 4.79 Å². The van der Waals surface area contributed by atoms with Crippen molar-refractivity contribution >= 4 is 27.3 Å². The Morgan fingerprint density at radius 3 is 2.53 bits per heavy atom. The van der Waals surface area contributed by atoms with Crippen LogP contribution in [0.5, 0.6) is 0 Å². The van der Waals surface area contributed by atoms with Crippen LogP contribution in [0.2, 0.25) is 0 Å². The number of nitrogens with one attached hydrogen (secondary N) is 1. The number of hydrogen-bond donors (Lipinski definition) is 1. The van der Waals surface area contributed by atoms with Gasteiger partial charge < -0.3 is 5.32 Å². The van der Waals surface area contributed by atoms with Gasteiger partial charge >= 0.3 is 0 Å². The molecule has 1 aromatic carbocycles. The van der Waals surface area contributed by atoms with Gasteiger partial charge in [-0.25, -0.2) is 8.42 Å². The molecule has 6 heteroatoms. The SMILES string of the molecule is O=C(CCc1ccccc1)N[C@H]1CS(=O)(=O)C[C@@H]1Cl. The van der Waals surface area contributed by atoms with E-state index in [0.29, 0.717) is 12.8 Å². The number of aryl methyl sites for hydroxylation is 1. The van der Waals surface area contributed by atoms with Crippen molar-refractivity contribution in [3.05, 3.63) is 35.9 Å². The van der Waals surface area contributed by atoms with Gasteiger partial charge in [-0.2, -0.15) is 0 Å². The summed E-state index contributed by atoms with van der Waals surface area (Å²) in [5, 5.41) is 2.18. The van der Waals surface area contributed by atoms with Gasteiger partial charge in [-0.1, -0.05) is 30.3 Å². The summed E-state index contributed by atoms with van der Waals surface area (Å²) in [5.74, 6) is -0.271. The summed E-state index contributed by atoms with van der Waals surface area (Å²) in [7, 11) is -3.10. The van der Waals surface area contributed by atoms with Crippen LogP contribution in [0.15, 0.2) is 30.3 Å². The molecule has 0 aliphatic carbocycles. The Bertz CT molecular complexity index is 544. The van der Waals surface area contributed by atoms with Crippen LogP contribution in [0, 0.1) is 0 Å². The molecule has 2 atom stereocenters. The molecule has 0 unspecified atom stereocenters. The smallest absolute Gasteiger partial charge is 0.220 e. The summed E-state index contributed by atoms with van der Waals surface area (Å²) in [4.78, 5) is 11.8. The van der Waals surface area contributed by atoms with Crippen LogP contribution in [0.4, 0.5) is 0 Å². The Morgan fingerprint density at radius 1 is 1.26 bits per heavy atom. The van der Waals surface area contributed by atoms with E-state index in [4.69, 9.17) is 11.6 Å². The van der Waals surface area contributed by atoms with Crippen molar-refractivity contribution in [2.45, 2.75) is 24.3 Å². The predicted molar refractivity (Wildman–Crippen MR) is 75.0 cm³/mol. The zero-order valence-electron chi connectivity index (χ0n) is 10.4. The van der Waals surface area contributed by atoms with Crippen LogP contribution in [0.1, 0.15) is 12.0 Å². The lowest BCUT2D eigenvalue weighted by atomic mass is 10.1. The van der Waals surface area contributed by atoms with E-state index in [1.54, 1.807) is 0 Å². The standard InChI is InChI=1S/C13H16ClNO3S/c14-11-8-19(17,18)9-12(11)15-13(16)7-6-10-4-2-1-3-5-10/h1-5,11-12H,6-9H2,(H,15,16)/t11-,12-/m0/s1. The monoisotopic (exact) mass is 301 g/mol. The number of halogens is 1. The van der Waals surface area contributed by atoms with Crippen molar-refractivity contribution in [3.63, 3.8) is 0 Å². The lowest BCUT2D eigenvalue weighted by molar-refractivity contribution is -0.121. The molecule has 1 saturated heterocycles. The highest BCUT2D eigenvalue weighted by Gasteiger charge is 2.37. The summed E-state index contributed by atoms with van der Waals surface area (Å²) in [6, 6.07) is 9.22. The molecule has 0 bridgehead atoms. The first kappa shape index (κ1) is 14.3. The van der Waals surface area contributed by atoms with E-state index in [1.165, 1.54) is 0 Å².